The molecule has 0 saturated heterocycles. The molecule has 1 N–H and O–H groups in total. The number of nitrogens with one attached hydrogen (secondary N) is 1. The van der Waals surface area contributed by atoms with Crippen molar-refractivity contribution in [1.29, 1.82) is 0 Å². The number of unbranched alkanes of at least 4 members (excludes halogenated alkanes) is 2. The lowest BCUT2D eigenvalue weighted by Gasteiger charge is -2.08. The molecule has 0 aliphatic heterocycles. The van der Waals surface area contributed by atoms with Gasteiger partial charge in [0.25, 0.3) is 0 Å². The van der Waals surface area contributed by atoms with Crippen molar-refractivity contribution in [1.82, 2.24) is 5.32 Å². The number of halogens is 2. The molecule has 0 radical (unpaired) electrons. The van der Waals surface area contributed by atoms with Gasteiger partial charge in [-0.05, 0) is 72.9 Å². The number of benzene rings is 1. The first kappa shape index (κ1) is 16.0. The molecule has 0 aliphatic rings. The standard InChI is InChI=1S/C14H21Br2NO/c1-2-8-17-9-4-3-5-10-18-14-7-6-12(15)11-13(14)16/h6-7,11,17H,2-5,8-10H2,1H3. The highest BCUT2D eigenvalue weighted by Gasteiger charge is 2.01. The van der Waals surface area contributed by atoms with Crippen molar-refractivity contribution in [2.24, 2.45) is 0 Å². The third kappa shape index (κ3) is 6.76. The third-order valence-corrected chi connectivity index (χ3v) is 3.69. The second-order valence-corrected chi connectivity index (χ2v) is 6.00. The molecular weight excluding hydrogens is 358 g/mol. The van der Waals surface area contributed by atoms with Crippen LogP contribution in [-0.2, 0) is 0 Å². The SMILES string of the molecule is CCCNCCCCCOc1ccc(Br)cc1Br. The lowest BCUT2D eigenvalue weighted by Crippen LogP contribution is -2.15. The van der Waals surface area contributed by atoms with Gasteiger partial charge in [-0.15, -0.1) is 0 Å². The molecular formula is C14H21Br2NO. The van der Waals surface area contributed by atoms with Crippen molar-refractivity contribution in [3.8, 4) is 5.75 Å². The first-order valence-corrected chi connectivity index (χ1v) is 8.11. The van der Waals surface area contributed by atoms with Gasteiger partial charge < -0.3 is 10.1 Å². The van der Waals surface area contributed by atoms with Gasteiger partial charge in [-0.25, -0.2) is 0 Å². The van der Waals surface area contributed by atoms with Crippen molar-refractivity contribution < 1.29 is 4.74 Å². The van der Waals surface area contributed by atoms with Crippen molar-refractivity contribution in [2.75, 3.05) is 19.7 Å². The van der Waals surface area contributed by atoms with Crippen LogP contribution in [0.5, 0.6) is 5.75 Å². The molecule has 0 aromatic heterocycles. The van der Waals surface area contributed by atoms with Crippen molar-refractivity contribution in [3.05, 3.63) is 27.1 Å². The fourth-order valence-electron chi connectivity index (χ4n) is 1.61. The first-order chi connectivity index (χ1) is 8.74. The second-order valence-electron chi connectivity index (χ2n) is 4.23. The van der Waals surface area contributed by atoms with Crippen molar-refractivity contribution in [3.63, 3.8) is 0 Å². The maximum atomic E-state index is 5.73. The van der Waals surface area contributed by atoms with E-state index in [4.69, 9.17) is 4.74 Å². The molecule has 1 rings (SSSR count). The highest BCUT2D eigenvalue weighted by molar-refractivity contribution is 9.11. The minimum atomic E-state index is 0.786. The van der Waals surface area contributed by atoms with Crippen LogP contribution in [0.25, 0.3) is 0 Å². The molecule has 1 aromatic carbocycles. The zero-order valence-electron chi connectivity index (χ0n) is 10.8. The Hall–Kier alpha value is -0.0600. The van der Waals surface area contributed by atoms with Crippen LogP contribution >= 0.6 is 31.9 Å². The Morgan fingerprint density at radius 1 is 1.11 bits per heavy atom. The number of hydrogen-bond acceptors (Lipinski definition) is 2. The molecule has 0 spiro atoms. The van der Waals surface area contributed by atoms with Gasteiger partial charge in [0.15, 0.2) is 0 Å². The molecule has 2 nitrogen and oxygen atoms in total. The fourth-order valence-corrected chi connectivity index (χ4v) is 2.77. The molecule has 1 aromatic rings. The van der Waals surface area contributed by atoms with Crippen LogP contribution in [0.4, 0.5) is 0 Å². The summed E-state index contributed by atoms with van der Waals surface area (Å²) in [7, 11) is 0. The Balaban J connectivity index is 2.07. The third-order valence-electron chi connectivity index (χ3n) is 2.58. The van der Waals surface area contributed by atoms with E-state index in [1.807, 2.05) is 18.2 Å². The Bertz CT molecular complexity index is 345. The molecule has 4 heteroatoms. The molecule has 0 bridgehead atoms. The predicted molar refractivity (Wildman–Crippen MR) is 84.3 cm³/mol. The smallest absolute Gasteiger partial charge is 0.133 e. The summed E-state index contributed by atoms with van der Waals surface area (Å²) in [5.74, 6) is 0.919. The summed E-state index contributed by atoms with van der Waals surface area (Å²) < 4.78 is 7.79. The Morgan fingerprint density at radius 3 is 2.67 bits per heavy atom. The average Bonchev–Trinajstić information content (AvgIpc) is 2.35. The molecule has 0 atom stereocenters. The lowest BCUT2D eigenvalue weighted by molar-refractivity contribution is 0.303. The van der Waals surface area contributed by atoms with Crippen molar-refractivity contribution >= 4 is 31.9 Å². The van der Waals surface area contributed by atoms with Gasteiger partial charge in [-0.3, -0.25) is 0 Å². The van der Waals surface area contributed by atoms with Crippen LogP contribution in [0.3, 0.4) is 0 Å². The topological polar surface area (TPSA) is 21.3 Å². The molecule has 102 valence electrons. The van der Waals surface area contributed by atoms with Gasteiger partial charge in [-0.1, -0.05) is 22.9 Å². The molecule has 0 aliphatic carbocycles. The summed E-state index contributed by atoms with van der Waals surface area (Å²) in [6.45, 7) is 5.23. The highest BCUT2D eigenvalue weighted by Crippen LogP contribution is 2.28. The normalized spacial score (nSPS) is 10.6. The van der Waals surface area contributed by atoms with Crippen molar-refractivity contribution in [2.45, 2.75) is 32.6 Å². The first-order valence-electron chi connectivity index (χ1n) is 6.52. The van der Waals surface area contributed by atoms with E-state index in [0.29, 0.717) is 0 Å². The molecule has 18 heavy (non-hydrogen) atoms. The van der Waals surface area contributed by atoms with E-state index in [-0.39, 0.29) is 0 Å². The van der Waals surface area contributed by atoms with Gasteiger partial charge in [-0.2, -0.15) is 0 Å². The summed E-state index contributed by atoms with van der Waals surface area (Å²) >= 11 is 6.92. The van der Waals surface area contributed by atoms with E-state index >= 15 is 0 Å². The monoisotopic (exact) mass is 377 g/mol. The lowest BCUT2D eigenvalue weighted by atomic mass is 10.2. The van der Waals surface area contributed by atoms with Gasteiger partial charge >= 0.3 is 0 Å². The summed E-state index contributed by atoms with van der Waals surface area (Å²) in [4.78, 5) is 0. The van der Waals surface area contributed by atoms with E-state index in [1.165, 1.54) is 19.3 Å². The fraction of sp³-hybridized carbons (Fsp3) is 0.571. The maximum Gasteiger partial charge on any atom is 0.133 e. The van der Waals surface area contributed by atoms with Gasteiger partial charge in [0, 0.05) is 4.47 Å². The van der Waals surface area contributed by atoms with Crippen LogP contribution in [0.15, 0.2) is 27.1 Å². The largest absolute Gasteiger partial charge is 0.492 e. The Morgan fingerprint density at radius 2 is 1.94 bits per heavy atom. The second kappa shape index (κ2) is 9.82. The zero-order valence-corrected chi connectivity index (χ0v) is 14.0. The van der Waals surface area contributed by atoms with Crippen LogP contribution in [0.2, 0.25) is 0 Å². The van der Waals surface area contributed by atoms with Gasteiger partial charge in [0.2, 0.25) is 0 Å². The summed E-state index contributed by atoms with van der Waals surface area (Å²) in [5, 5.41) is 3.41. The summed E-state index contributed by atoms with van der Waals surface area (Å²) in [6.07, 6.45) is 4.76. The molecule has 0 saturated carbocycles. The molecule has 0 amide bonds. The van der Waals surface area contributed by atoms with Crippen LogP contribution in [0.1, 0.15) is 32.6 Å². The number of rotatable bonds is 9. The minimum Gasteiger partial charge on any atom is -0.492 e. The molecule has 0 unspecified atom stereocenters. The van der Waals surface area contributed by atoms with Gasteiger partial charge in [0.1, 0.15) is 5.75 Å². The van der Waals surface area contributed by atoms with Crippen LogP contribution in [0, 0.1) is 0 Å². The van der Waals surface area contributed by atoms with Crippen LogP contribution < -0.4 is 10.1 Å². The average molecular weight is 379 g/mol. The quantitative estimate of drug-likeness (QED) is 0.625. The van der Waals surface area contributed by atoms with Gasteiger partial charge in [0.05, 0.1) is 11.1 Å². The van der Waals surface area contributed by atoms with E-state index in [0.717, 1.165) is 40.8 Å². The minimum absolute atomic E-state index is 0.786. The summed E-state index contributed by atoms with van der Waals surface area (Å²) in [6, 6.07) is 5.98. The zero-order chi connectivity index (χ0) is 13.2. The predicted octanol–water partition coefficient (Wildman–Crippen LogP) is 4.76. The Labute approximate surface area is 127 Å². The van der Waals surface area contributed by atoms with E-state index in [1.54, 1.807) is 0 Å². The number of hydrogen-bond donors (Lipinski definition) is 1. The molecule has 0 heterocycles. The highest BCUT2D eigenvalue weighted by atomic mass is 79.9. The van der Waals surface area contributed by atoms with E-state index in [9.17, 15) is 0 Å². The Kier molecular flexibility index (Phi) is 8.72. The maximum absolute atomic E-state index is 5.73. The molecule has 0 fully saturated rings. The summed E-state index contributed by atoms with van der Waals surface area (Å²) in [5.41, 5.74) is 0. The van der Waals surface area contributed by atoms with E-state index < -0.39 is 0 Å². The van der Waals surface area contributed by atoms with Crippen LogP contribution in [-0.4, -0.2) is 19.7 Å². The number of ether oxygens (including phenoxy) is 1. The van der Waals surface area contributed by atoms with E-state index in [2.05, 4.69) is 44.1 Å².